The minimum Gasteiger partial charge on any atom is -0.379 e. The molecular weight excluding hydrogens is 366 g/mol. The lowest BCUT2D eigenvalue weighted by atomic mass is 9.95. The highest BCUT2D eigenvalue weighted by Crippen LogP contribution is 2.33. The molecule has 3 heterocycles. The zero-order valence-corrected chi connectivity index (χ0v) is 17.6. The molecule has 0 bridgehead atoms. The van der Waals surface area contributed by atoms with Crippen molar-refractivity contribution in [2.45, 2.75) is 31.7 Å². The van der Waals surface area contributed by atoms with Crippen LogP contribution in [0.5, 0.6) is 0 Å². The monoisotopic (exact) mass is 397 g/mol. The first-order valence-electron chi connectivity index (χ1n) is 9.54. The van der Waals surface area contributed by atoms with Crippen LogP contribution in [0.1, 0.15) is 23.2 Å². The van der Waals surface area contributed by atoms with Crippen molar-refractivity contribution in [3.8, 4) is 0 Å². The van der Waals surface area contributed by atoms with Crippen LogP contribution in [0.3, 0.4) is 0 Å². The molecule has 1 aromatic heterocycles. The van der Waals surface area contributed by atoms with E-state index in [1.165, 1.54) is 27.8 Å². The summed E-state index contributed by atoms with van der Waals surface area (Å²) in [5.74, 6) is 3.33. The third-order valence-corrected chi connectivity index (χ3v) is 7.59. The summed E-state index contributed by atoms with van der Waals surface area (Å²) >= 11 is 3.88. The van der Waals surface area contributed by atoms with Crippen molar-refractivity contribution in [1.82, 2.24) is 20.5 Å². The predicted molar refractivity (Wildman–Crippen MR) is 112 cm³/mol. The second-order valence-electron chi connectivity index (χ2n) is 6.80. The van der Waals surface area contributed by atoms with Gasteiger partial charge in [-0.2, -0.15) is 11.8 Å². The minimum absolute atomic E-state index is 0.234. The van der Waals surface area contributed by atoms with Crippen LogP contribution < -0.4 is 10.6 Å². The van der Waals surface area contributed by atoms with Crippen molar-refractivity contribution >= 4 is 29.1 Å². The van der Waals surface area contributed by atoms with Gasteiger partial charge in [-0.05, 0) is 18.6 Å². The molecule has 6 nitrogen and oxygen atoms in total. The molecule has 26 heavy (non-hydrogen) atoms. The van der Waals surface area contributed by atoms with Gasteiger partial charge in [0.25, 0.3) is 0 Å². The summed E-state index contributed by atoms with van der Waals surface area (Å²) in [4.78, 5) is 12.9. The fourth-order valence-electron chi connectivity index (χ4n) is 3.52. The van der Waals surface area contributed by atoms with E-state index in [4.69, 9.17) is 4.74 Å². The van der Waals surface area contributed by atoms with E-state index in [9.17, 15) is 0 Å². The van der Waals surface area contributed by atoms with E-state index in [-0.39, 0.29) is 5.54 Å². The Balaban J connectivity index is 1.47. The van der Waals surface area contributed by atoms with Gasteiger partial charge in [0.05, 0.1) is 18.2 Å². The van der Waals surface area contributed by atoms with Crippen LogP contribution >= 0.6 is 23.1 Å². The molecule has 8 heteroatoms. The van der Waals surface area contributed by atoms with Crippen molar-refractivity contribution in [2.75, 3.05) is 57.9 Å². The fourth-order valence-corrected chi connectivity index (χ4v) is 5.86. The van der Waals surface area contributed by atoms with Gasteiger partial charge in [0.2, 0.25) is 0 Å². The van der Waals surface area contributed by atoms with Gasteiger partial charge in [0.1, 0.15) is 0 Å². The molecule has 1 aromatic rings. The molecule has 0 aliphatic carbocycles. The third-order valence-electron chi connectivity index (χ3n) is 5.15. The molecular formula is C18H31N5OS2. The first-order chi connectivity index (χ1) is 12.8. The van der Waals surface area contributed by atoms with Gasteiger partial charge in [0.15, 0.2) is 5.96 Å². The first-order valence-corrected chi connectivity index (χ1v) is 11.5. The Hall–Kier alpha value is -0.830. The molecule has 0 amide bonds. The highest BCUT2D eigenvalue weighted by atomic mass is 32.2. The minimum atomic E-state index is 0.234. The number of nitrogens with one attached hydrogen (secondary N) is 2. The number of ether oxygens (including phenoxy) is 1. The summed E-state index contributed by atoms with van der Waals surface area (Å²) in [6.45, 7) is 7.76. The molecule has 2 fully saturated rings. The number of hydrogen-bond donors (Lipinski definition) is 2. The van der Waals surface area contributed by atoms with Gasteiger partial charge in [-0.15, -0.1) is 11.3 Å². The van der Waals surface area contributed by atoms with E-state index in [0.717, 1.165) is 58.2 Å². The van der Waals surface area contributed by atoms with E-state index in [1.54, 1.807) is 0 Å². The van der Waals surface area contributed by atoms with Crippen LogP contribution in [0.25, 0.3) is 0 Å². The molecule has 3 rings (SSSR count). The largest absolute Gasteiger partial charge is 0.379 e. The molecule has 1 unspecified atom stereocenters. The number of thioether (sulfide) groups is 1. The Morgan fingerprint density at radius 3 is 2.88 bits per heavy atom. The molecule has 0 saturated carbocycles. The summed E-state index contributed by atoms with van der Waals surface area (Å²) in [5, 5.41) is 8.22. The van der Waals surface area contributed by atoms with Crippen LogP contribution in [0.15, 0.2) is 11.2 Å². The molecule has 0 spiro atoms. The lowest BCUT2D eigenvalue weighted by Gasteiger charge is -2.43. The molecule has 2 N–H and O–H groups in total. The zero-order chi connectivity index (χ0) is 18.2. The molecule has 2 aliphatic rings. The van der Waals surface area contributed by atoms with E-state index in [2.05, 4.69) is 44.2 Å². The molecule has 2 saturated heterocycles. The molecule has 146 valence electrons. The lowest BCUT2D eigenvalue weighted by Crippen LogP contribution is -2.60. The highest BCUT2D eigenvalue weighted by molar-refractivity contribution is 7.99. The smallest absolute Gasteiger partial charge is 0.191 e. The average molecular weight is 398 g/mol. The van der Waals surface area contributed by atoms with Crippen molar-refractivity contribution in [1.29, 1.82) is 0 Å². The van der Waals surface area contributed by atoms with Gasteiger partial charge in [-0.25, -0.2) is 4.98 Å². The highest BCUT2D eigenvalue weighted by Gasteiger charge is 2.40. The van der Waals surface area contributed by atoms with Crippen LogP contribution in [0, 0.1) is 0 Å². The Kier molecular flexibility index (Phi) is 7.60. The topological polar surface area (TPSA) is 61.8 Å². The number of hydrogen-bond acceptors (Lipinski definition) is 6. The van der Waals surface area contributed by atoms with Gasteiger partial charge in [0, 0.05) is 62.0 Å². The summed E-state index contributed by atoms with van der Waals surface area (Å²) in [6, 6.07) is 0. The van der Waals surface area contributed by atoms with Gasteiger partial charge < -0.3 is 15.4 Å². The quantitative estimate of drug-likeness (QED) is 0.539. The Morgan fingerprint density at radius 1 is 1.38 bits per heavy atom. The van der Waals surface area contributed by atoms with Crippen LogP contribution in [-0.4, -0.2) is 79.3 Å². The van der Waals surface area contributed by atoms with Crippen molar-refractivity contribution in [3.05, 3.63) is 16.1 Å². The SMILES string of the molecule is CCc1cnc(CCNC(=NC)NCC2(N3CCOCC3)CCSC2)s1. The number of aliphatic imine (C=N–C) groups is 1. The Morgan fingerprint density at radius 2 is 2.23 bits per heavy atom. The number of thiazole rings is 1. The lowest BCUT2D eigenvalue weighted by molar-refractivity contribution is -0.0120. The van der Waals surface area contributed by atoms with Gasteiger partial charge >= 0.3 is 0 Å². The summed E-state index contributed by atoms with van der Waals surface area (Å²) in [6.07, 6.45) is 5.24. The van der Waals surface area contributed by atoms with Crippen LogP contribution in [0.2, 0.25) is 0 Å². The van der Waals surface area contributed by atoms with Gasteiger partial charge in [-0.3, -0.25) is 9.89 Å². The summed E-state index contributed by atoms with van der Waals surface area (Å²) in [5.41, 5.74) is 0.234. The second-order valence-corrected chi connectivity index (χ2v) is 9.11. The van der Waals surface area contributed by atoms with Crippen molar-refractivity contribution in [2.24, 2.45) is 4.99 Å². The van der Waals surface area contributed by atoms with E-state index in [1.807, 2.05) is 24.6 Å². The van der Waals surface area contributed by atoms with Crippen molar-refractivity contribution < 1.29 is 4.74 Å². The molecule has 1 atom stereocenters. The fraction of sp³-hybridized carbons (Fsp3) is 0.778. The third kappa shape index (κ3) is 5.12. The number of aryl methyl sites for hydroxylation is 1. The number of aromatic nitrogens is 1. The number of rotatable bonds is 7. The van der Waals surface area contributed by atoms with E-state index < -0.39 is 0 Å². The van der Waals surface area contributed by atoms with E-state index in [0.29, 0.717) is 0 Å². The maximum Gasteiger partial charge on any atom is 0.191 e. The number of nitrogens with zero attached hydrogens (tertiary/aromatic N) is 3. The zero-order valence-electron chi connectivity index (χ0n) is 15.9. The molecule has 0 aromatic carbocycles. The standard InChI is InChI=1S/C18H31N5OS2/c1-3-15-12-21-16(26-15)4-6-20-17(19-2)22-13-18(5-11-25-14-18)23-7-9-24-10-8-23/h12H,3-11,13-14H2,1-2H3,(H2,19,20,22). The van der Waals surface area contributed by atoms with E-state index >= 15 is 0 Å². The Bertz CT molecular complexity index is 580. The number of guanidine groups is 1. The van der Waals surface area contributed by atoms with Crippen LogP contribution in [-0.2, 0) is 17.6 Å². The predicted octanol–water partition coefficient (Wildman–Crippen LogP) is 1.62. The maximum atomic E-state index is 5.55. The first kappa shape index (κ1) is 19.9. The summed E-state index contributed by atoms with van der Waals surface area (Å²) < 4.78 is 5.55. The molecule has 0 radical (unpaired) electrons. The maximum absolute atomic E-state index is 5.55. The second kappa shape index (κ2) is 9.92. The number of morpholine rings is 1. The average Bonchev–Trinajstić information content (AvgIpc) is 3.35. The molecule has 2 aliphatic heterocycles. The van der Waals surface area contributed by atoms with Crippen molar-refractivity contribution in [3.63, 3.8) is 0 Å². The normalized spacial score (nSPS) is 24.8. The Labute approximate surface area is 165 Å². The van der Waals surface area contributed by atoms with Crippen LogP contribution in [0.4, 0.5) is 0 Å². The summed E-state index contributed by atoms with van der Waals surface area (Å²) in [7, 11) is 1.85. The van der Waals surface area contributed by atoms with Gasteiger partial charge in [-0.1, -0.05) is 6.92 Å².